The molecule has 0 bridgehead atoms. The van der Waals surface area contributed by atoms with Crippen LogP contribution in [0.25, 0.3) is 27.6 Å². The second kappa shape index (κ2) is 6.60. The van der Waals surface area contributed by atoms with Crippen LogP contribution in [0.2, 0.25) is 0 Å². The third kappa shape index (κ3) is 2.86. The summed E-state index contributed by atoms with van der Waals surface area (Å²) >= 11 is 0. The molecule has 0 aliphatic carbocycles. The number of carbonyl (C=O) groups is 2. The van der Waals surface area contributed by atoms with Crippen molar-refractivity contribution in [3.63, 3.8) is 0 Å². The smallest absolute Gasteiger partial charge is 0.267 e. The van der Waals surface area contributed by atoms with E-state index in [1.54, 1.807) is 6.08 Å². The molecule has 0 aromatic heterocycles. The largest absolute Gasteiger partial charge is 0.282 e. The fraction of sp³-hybridized carbons (Fsp3) is 0.0400. The van der Waals surface area contributed by atoms with Gasteiger partial charge < -0.3 is 0 Å². The molecule has 4 nitrogen and oxygen atoms in total. The van der Waals surface area contributed by atoms with E-state index >= 15 is 0 Å². The predicted molar refractivity (Wildman–Crippen MR) is 116 cm³/mol. The third-order valence-corrected chi connectivity index (χ3v) is 5.29. The minimum absolute atomic E-state index is 0.132. The van der Waals surface area contributed by atoms with Gasteiger partial charge in [-0.1, -0.05) is 66.2 Å². The highest BCUT2D eigenvalue weighted by atomic mass is 16.2. The van der Waals surface area contributed by atoms with Gasteiger partial charge in [0.2, 0.25) is 0 Å². The lowest BCUT2D eigenvalue weighted by atomic mass is 9.95. The first-order valence-corrected chi connectivity index (χ1v) is 9.46. The van der Waals surface area contributed by atoms with Gasteiger partial charge in [0.15, 0.2) is 0 Å². The summed E-state index contributed by atoms with van der Waals surface area (Å²) in [6.45, 7) is 1.98. The Kier molecular flexibility index (Phi) is 3.91. The molecule has 1 N–H and O–H groups in total. The molecule has 0 atom stereocenters. The van der Waals surface area contributed by atoms with E-state index in [4.69, 9.17) is 0 Å². The Hall–Kier alpha value is -3.92. The molecule has 4 aromatic carbocycles. The Bertz CT molecular complexity index is 1270. The maximum absolute atomic E-state index is 13.1. The monoisotopic (exact) mass is 378 g/mol. The van der Waals surface area contributed by atoms with E-state index < -0.39 is 5.91 Å². The van der Waals surface area contributed by atoms with Crippen molar-refractivity contribution in [2.45, 2.75) is 6.92 Å². The van der Waals surface area contributed by atoms with Crippen LogP contribution in [-0.4, -0.2) is 11.8 Å². The molecule has 4 aromatic rings. The number of hydrogen-bond acceptors (Lipinski definition) is 2. The van der Waals surface area contributed by atoms with Crippen LogP contribution in [0, 0.1) is 6.92 Å². The van der Waals surface area contributed by atoms with E-state index in [-0.39, 0.29) is 11.5 Å². The number of aryl methyl sites for hydroxylation is 1. The highest BCUT2D eigenvalue weighted by molar-refractivity contribution is 6.32. The first-order chi connectivity index (χ1) is 14.1. The number of hydrogen-bond donors (Lipinski definition) is 1. The van der Waals surface area contributed by atoms with Crippen LogP contribution < -0.4 is 10.4 Å². The lowest BCUT2D eigenvalue weighted by Gasteiger charge is -2.14. The second-order valence-electron chi connectivity index (χ2n) is 7.21. The van der Waals surface area contributed by atoms with Crippen LogP contribution in [0.1, 0.15) is 11.1 Å². The van der Waals surface area contributed by atoms with Crippen LogP contribution in [0.5, 0.6) is 0 Å². The fourth-order valence-electron chi connectivity index (χ4n) is 3.78. The zero-order valence-electron chi connectivity index (χ0n) is 15.8. The van der Waals surface area contributed by atoms with E-state index in [1.807, 2.05) is 79.7 Å². The van der Waals surface area contributed by atoms with E-state index in [0.717, 1.165) is 32.7 Å². The maximum Gasteiger partial charge on any atom is 0.282 e. The number of hydrazine groups is 1. The van der Waals surface area contributed by atoms with Gasteiger partial charge in [-0.25, -0.2) is 5.01 Å². The molecule has 4 heteroatoms. The van der Waals surface area contributed by atoms with E-state index in [9.17, 15) is 9.59 Å². The minimum Gasteiger partial charge on any atom is -0.267 e. The van der Waals surface area contributed by atoms with Crippen LogP contribution in [0.15, 0.2) is 84.4 Å². The number of nitrogens with zero attached hydrogens (tertiary/aromatic N) is 1. The van der Waals surface area contributed by atoms with E-state index in [0.29, 0.717) is 5.69 Å². The summed E-state index contributed by atoms with van der Waals surface area (Å²) in [7, 11) is 0. The van der Waals surface area contributed by atoms with Crippen molar-refractivity contribution >= 4 is 45.1 Å². The molecule has 0 saturated carbocycles. The summed E-state index contributed by atoms with van der Waals surface area (Å²) in [5, 5.41) is 5.46. The summed E-state index contributed by atoms with van der Waals surface area (Å²) in [4.78, 5) is 25.7. The normalized spacial score (nSPS) is 15.5. The number of benzene rings is 4. The summed E-state index contributed by atoms with van der Waals surface area (Å²) in [5.41, 5.74) is 5.42. The Morgan fingerprint density at radius 2 is 1.38 bits per heavy atom. The number of anilines is 1. The van der Waals surface area contributed by atoms with Gasteiger partial charge >= 0.3 is 0 Å². The topological polar surface area (TPSA) is 49.4 Å². The molecule has 2 amide bonds. The minimum atomic E-state index is -0.396. The van der Waals surface area contributed by atoms with Crippen LogP contribution in [-0.2, 0) is 9.59 Å². The zero-order valence-corrected chi connectivity index (χ0v) is 15.8. The van der Waals surface area contributed by atoms with Gasteiger partial charge in [0, 0.05) is 0 Å². The zero-order chi connectivity index (χ0) is 20.0. The van der Waals surface area contributed by atoms with Gasteiger partial charge in [-0.15, -0.1) is 0 Å². The van der Waals surface area contributed by atoms with Gasteiger partial charge in [-0.2, -0.15) is 0 Å². The molecule has 0 unspecified atom stereocenters. The van der Waals surface area contributed by atoms with Gasteiger partial charge in [0.25, 0.3) is 11.8 Å². The average molecular weight is 378 g/mol. The van der Waals surface area contributed by atoms with E-state index in [2.05, 4.69) is 11.5 Å². The van der Waals surface area contributed by atoms with Crippen LogP contribution in [0.3, 0.4) is 0 Å². The Labute approximate surface area is 168 Å². The number of rotatable bonds is 2. The van der Waals surface area contributed by atoms with Gasteiger partial charge in [-0.05, 0) is 58.3 Å². The Morgan fingerprint density at radius 3 is 2.00 bits per heavy atom. The number of amides is 2. The molecular formula is C25H18N2O2. The molecule has 140 valence electrons. The first-order valence-electron chi connectivity index (χ1n) is 9.46. The SMILES string of the molecule is Cc1ccc(N2NC(=O)/C(=C\c3c4ccccc4cc4ccccc34)C2=O)cc1. The molecule has 1 heterocycles. The summed E-state index contributed by atoms with van der Waals surface area (Å²) in [5.74, 6) is -0.747. The quantitative estimate of drug-likeness (QED) is 0.310. The number of nitrogens with one attached hydrogen (secondary N) is 1. The molecule has 1 aliphatic heterocycles. The lowest BCUT2D eigenvalue weighted by molar-refractivity contribution is -0.117. The third-order valence-electron chi connectivity index (χ3n) is 5.29. The highest BCUT2D eigenvalue weighted by Gasteiger charge is 2.34. The molecule has 0 radical (unpaired) electrons. The molecule has 5 rings (SSSR count). The molecular weight excluding hydrogens is 360 g/mol. The van der Waals surface area contributed by atoms with Crippen molar-refractivity contribution in [2.24, 2.45) is 0 Å². The van der Waals surface area contributed by atoms with Crippen molar-refractivity contribution in [1.29, 1.82) is 0 Å². The maximum atomic E-state index is 13.1. The summed E-state index contributed by atoms with van der Waals surface area (Å²) in [6, 6.07) is 25.6. The number of carbonyl (C=O) groups excluding carboxylic acids is 2. The summed E-state index contributed by atoms with van der Waals surface area (Å²) < 4.78 is 0. The number of fused-ring (bicyclic) bond motifs is 2. The van der Waals surface area contributed by atoms with Crippen molar-refractivity contribution in [2.75, 3.05) is 5.01 Å². The molecule has 29 heavy (non-hydrogen) atoms. The van der Waals surface area contributed by atoms with Crippen molar-refractivity contribution in [1.82, 2.24) is 5.43 Å². The lowest BCUT2D eigenvalue weighted by Crippen LogP contribution is -2.35. The van der Waals surface area contributed by atoms with Crippen LogP contribution in [0.4, 0.5) is 5.69 Å². The highest BCUT2D eigenvalue weighted by Crippen LogP contribution is 2.31. The predicted octanol–water partition coefficient (Wildman–Crippen LogP) is 4.76. The van der Waals surface area contributed by atoms with Crippen molar-refractivity contribution < 1.29 is 9.59 Å². The standard InChI is InChI=1S/C25H18N2O2/c1-16-10-12-19(13-11-16)27-25(29)23(24(28)26-27)15-22-20-8-4-2-6-17(20)14-18-7-3-5-9-21(18)22/h2-15H,1H3,(H,26,28)/b23-15+. The van der Waals surface area contributed by atoms with Gasteiger partial charge in [0.05, 0.1) is 5.69 Å². The van der Waals surface area contributed by atoms with Gasteiger partial charge in [-0.3, -0.25) is 15.0 Å². The molecule has 1 saturated heterocycles. The molecule has 0 spiro atoms. The first kappa shape index (κ1) is 17.2. The van der Waals surface area contributed by atoms with E-state index in [1.165, 1.54) is 5.01 Å². The fourth-order valence-corrected chi connectivity index (χ4v) is 3.78. The average Bonchev–Trinajstić information content (AvgIpc) is 3.02. The molecule has 1 aliphatic rings. The van der Waals surface area contributed by atoms with Crippen molar-refractivity contribution in [3.8, 4) is 0 Å². The Morgan fingerprint density at radius 1 is 0.793 bits per heavy atom. The van der Waals surface area contributed by atoms with Crippen LogP contribution >= 0.6 is 0 Å². The Balaban J connectivity index is 1.68. The second-order valence-corrected chi connectivity index (χ2v) is 7.21. The van der Waals surface area contributed by atoms with Crippen molar-refractivity contribution in [3.05, 3.63) is 95.6 Å². The molecule has 1 fully saturated rings. The summed E-state index contributed by atoms with van der Waals surface area (Å²) in [6.07, 6.45) is 1.72. The van der Waals surface area contributed by atoms with Gasteiger partial charge in [0.1, 0.15) is 5.57 Å².